The van der Waals surface area contributed by atoms with E-state index in [9.17, 15) is 19.5 Å². The summed E-state index contributed by atoms with van der Waals surface area (Å²) in [5, 5.41) is 14.9. The first-order valence-corrected chi connectivity index (χ1v) is 15.7. The lowest BCUT2D eigenvalue weighted by Gasteiger charge is -2.39. The normalized spacial score (nSPS) is 19.2. The van der Waals surface area contributed by atoms with Crippen molar-refractivity contribution in [2.45, 2.75) is 110 Å². The Labute approximate surface area is 253 Å². The van der Waals surface area contributed by atoms with E-state index in [0.717, 1.165) is 46.0 Å². The van der Waals surface area contributed by atoms with Crippen molar-refractivity contribution in [1.29, 1.82) is 0 Å². The van der Waals surface area contributed by atoms with Crippen LogP contribution in [0.1, 0.15) is 143 Å². The summed E-state index contributed by atoms with van der Waals surface area (Å²) in [5.74, 6) is -0.159. The van der Waals surface area contributed by atoms with Gasteiger partial charge in [-0.15, -0.1) is 0 Å². The average Bonchev–Trinajstić information content (AvgIpc) is 3.06. The summed E-state index contributed by atoms with van der Waals surface area (Å²) < 4.78 is 5.47. The summed E-state index contributed by atoms with van der Waals surface area (Å²) in [6.07, 6.45) is 2.76. The average molecular weight is 579 g/mol. The van der Waals surface area contributed by atoms with E-state index in [4.69, 9.17) is 4.42 Å². The zero-order valence-electron chi connectivity index (χ0n) is 26.6. The van der Waals surface area contributed by atoms with Crippen LogP contribution in [0.15, 0.2) is 50.4 Å². The molecule has 0 saturated heterocycles. The number of aromatic hydroxyl groups is 1. The van der Waals surface area contributed by atoms with Gasteiger partial charge in [-0.25, -0.2) is 9.59 Å². The van der Waals surface area contributed by atoms with E-state index >= 15 is 0 Å². The molecule has 0 amide bonds. The zero-order chi connectivity index (χ0) is 31.2. The van der Waals surface area contributed by atoms with Crippen molar-refractivity contribution < 1.29 is 14.3 Å². The summed E-state index contributed by atoms with van der Waals surface area (Å²) in [6.45, 7) is 16.7. The van der Waals surface area contributed by atoms with Crippen LogP contribution in [-0.2, 0) is 10.8 Å². The molecule has 1 aromatic heterocycles. The Kier molecular flexibility index (Phi) is 6.76. The standard InChI is InChI=1S/C38H42O5/c1-19(2)24-17-21-9-12-27-33(28(39)14-16-38(27,7)8)29(21)34(40)31(24)23-13-15-37(5,6)26-11-10-22-18-25(20(3)4)35(41)43-36(42)30(22)32(23)26/h9-12,17-20,23,40H,13-16H2,1-8H3. The predicted molar refractivity (Wildman–Crippen MR) is 173 cm³/mol. The van der Waals surface area contributed by atoms with Crippen LogP contribution in [-0.4, -0.2) is 10.9 Å². The van der Waals surface area contributed by atoms with Crippen LogP contribution in [0.3, 0.4) is 0 Å². The highest BCUT2D eigenvalue weighted by Crippen LogP contribution is 2.53. The number of carbonyl (C=O) groups is 1. The number of carbonyl (C=O) groups excluding carboxylic acids is 1. The zero-order valence-corrected chi connectivity index (χ0v) is 26.6. The number of hydrogen-bond donors (Lipinski definition) is 1. The van der Waals surface area contributed by atoms with Crippen LogP contribution in [0.2, 0.25) is 0 Å². The minimum Gasteiger partial charge on any atom is -0.507 e. The Morgan fingerprint density at radius 1 is 0.744 bits per heavy atom. The van der Waals surface area contributed by atoms with Gasteiger partial charge in [0.25, 0.3) is 0 Å². The quantitative estimate of drug-likeness (QED) is 0.263. The fraction of sp³-hybridized carbons (Fsp3) is 0.447. The number of ketones is 1. The molecule has 1 heterocycles. The summed E-state index contributed by atoms with van der Waals surface area (Å²) in [7, 11) is 0. The van der Waals surface area contributed by atoms with Crippen LogP contribution in [0, 0.1) is 0 Å². The minimum atomic E-state index is -0.646. The van der Waals surface area contributed by atoms with Crippen LogP contribution in [0.25, 0.3) is 21.5 Å². The lowest BCUT2D eigenvalue weighted by molar-refractivity contribution is 0.0958. The van der Waals surface area contributed by atoms with Crippen molar-refractivity contribution in [3.05, 3.63) is 96.2 Å². The molecule has 4 aromatic rings. The molecular weight excluding hydrogens is 536 g/mol. The molecule has 1 unspecified atom stereocenters. The van der Waals surface area contributed by atoms with Crippen molar-refractivity contribution in [2.24, 2.45) is 0 Å². The topological polar surface area (TPSA) is 84.6 Å². The van der Waals surface area contributed by atoms with Gasteiger partial charge in [0, 0.05) is 34.4 Å². The number of fused-ring (bicyclic) bond motifs is 6. The number of hydrogen-bond acceptors (Lipinski definition) is 5. The van der Waals surface area contributed by atoms with Crippen molar-refractivity contribution in [2.75, 3.05) is 0 Å². The predicted octanol–water partition coefficient (Wildman–Crippen LogP) is 8.72. The molecule has 43 heavy (non-hydrogen) atoms. The molecule has 0 fully saturated rings. The smallest absolute Gasteiger partial charge is 0.346 e. The fourth-order valence-electron chi connectivity index (χ4n) is 7.73. The third-order valence-corrected chi connectivity index (χ3v) is 10.3. The minimum absolute atomic E-state index is 0.0611. The molecule has 0 aliphatic heterocycles. The highest BCUT2D eigenvalue weighted by Gasteiger charge is 2.40. The van der Waals surface area contributed by atoms with Gasteiger partial charge in [0.2, 0.25) is 0 Å². The molecule has 2 aliphatic rings. The first-order chi connectivity index (χ1) is 20.1. The van der Waals surface area contributed by atoms with Crippen molar-refractivity contribution in [3.63, 3.8) is 0 Å². The molecule has 2 aliphatic carbocycles. The van der Waals surface area contributed by atoms with Gasteiger partial charge >= 0.3 is 11.3 Å². The molecule has 5 heteroatoms. The van der Waals surface area contributed by atoms with Crippen molar-refractivity contribution >= 4 is 27.3 Å². The van der Waals surface area contributed by atoms with Crippen LogP contribution in [0.5, 0.6) is 5.75 Å². The van der Waals surface area contributed by atoms with Gasteiger partial charge in [-0.2, -0.15) is 0 Å². The summed E-state index contributed by atoms with van der Waals surface area (Å²) in [5.41, 5.74) is 4.00. The largest absolute Gasteiger partial charge is 0.507 e. The maximum atomic E-state index is 13.8. The fourth-order valence-corrected chi connectivity index (χ4v) is 7.73. The lowest BCUT2D eigenvalue weighted by Crippen LogP contribution is -2.29. The number of benzene rings is 3. The second-order valence-electron chi connectivity index (χ2n) is 14.7. The van der Waals surface area contributed by atoms with E-state index in [1.54, 1.807) is 6.07 Å². The van der Waals surface area contributed by atoms with Crippen molar-refractivity contribution in [1.82, 2.24) is 0 Å². The monoisotopic (exact) mass is 578 g/mol. The molecule has 0 spiro atoms. The second kappa shape index (κ2) is 9.90. The van der Waals surface area contributed by atoms with Gasteiger partial charge in [-0.1, -0.05) is 85.7 Å². The Bertz CT molecular complexity index is 1950. The molecule has 3 aromatic carbocycles. The summed E-state index contributed by atoms with van der Waals surface area (Å²) in [4.78, 5) is 40.3. The first kappa shape index (κ1) is 29.3. The maximum Gasteiger partial charge on any atom is 0.346 e. The lowest BCUT2D eigenvalue weighted by atomic mass is 9.64. The van der Waals surface area contributed by atoms with E-state index in [0.29, 0.717) is 40.1 Å². The summed E-state index contributed by atoms with van der Waals surface area (Å²) in [6, 6.07) is 12.0. The number of phenols is 1. The van der Waals surface area contributed by atoms with Gasteiger partial charge in [0.1, 0.15) is 5.75 Å². The molecule has 6 rings (SSSR count). The highest BCUT2D eigenvalue weighted by molar-refractivity contribution is 6.13. The summed E-state index contributed by atoms with van der Waals surface area (Å²) >= 11 is 0. The second-order valence-corrected chi connectivity index (χ2v) is 14.7. The van der Waals surface area contributed by atoms with Crippen LogP contribution < -0.4 is 11.3 Å². The SMILES string of the molecule is CC(C)c1cc2ccc3c(c2c(O)c1C1CCC(C)(C)c2ccc4cc(C(C)C)c(=O)oc(=O)c4c21)C(=O)CCC3(C)C. The molecule has 224 valence electrons. The molecule has 0 bridgehead atoms. The van der Waals surface area contributed by atoms with Crippen LogP contribution in [0.4, 0.5) is 0 Å². The van der Waals surface area contributed by atoms with Crippen molar-refractivity contribution in [3.8, 4) is 5.75 Å². The molecule has 1 atom stereocenters. The molecular formula is C38H42O5. The van der Waals surface area contributed by atoms with Gasteiger partial charge in [0.15, 0.2) is 5.78 Å². The van der Waals surface area contributed by atoms with E-state index in [2.05, 4.69) is 59.7 Å². The third kappa shape index (κ3) is 4.46. The van der Waals surface area contributed by atoms with E-state index in [1.807, 2.05) is 26.0 Å². The van der Waals surface area contributed by atoms with Gasteiger partial charge in [0.05, 0.1) is 5.39 Å². The number of phenolic OH excluding ortho intramolecular Hbond substituents is 1. The van der Waals surface area contributed by atoms with Crippen LogP contribution >= 0.6 is 0 Å². The maximum absolute atomic E-state index is 13.8. The molecule has 5 nitrogen and oxygen atoms in total. The Morgan fingerprint density at radius 2 is 1.33 bits per heavy atom. The van der Waals surface area contributed by atoms with Gasteiger partial charge in [-0.05, 0) is 81.0 Å². The first-order valence-electron chi connectivity index (χ1n) is 15.7. The number of rotatable bonds is 3. The third-order valence-electron chi connectivity index (χ3n) is 10.3. The van der Waals surface area contributed by atoms with E-state index in [-0.39, 0.29) is 40.1 Å². The Balaban J connectivity index is 1.77. The van der Waals surface area contributed by atoms with Gasteiger partial charge < -0.3 is 9.52 Å². The van der Waals surface area contributed by atoms with E-state index in [1.165, 1.54) is 0 Å². The molecule has 0 radical (unpaired) electrons. The van der Waals surface area contributed by atoms with E-state index < -0.39 is 11.3 Å². The molecule has 0 saturated carbocycles. The highest BCUT2D eigenvalue weighted by atomic mass is 16.4. The van der Waals surface area contributed by atoms with Gasteiger partial charge in [-0.3, -0.25) is 4.79 Å². The number of Topliss-reactive ketones (excluding diaryl/α,β-unsaturated/α-hetero) is 1. The Morgan fingerprint density at radius 3 is 1.98 bits per heavy atom. The molecule has 1 N–H and O–H groups in total. The Hall–Kier alpha value is -3.73.